The topological polar surface area (TPSA) is 75.4 Å². The van der Waals surface area contributed by atoms with Crippen molar-refractivity contribution in [3.8, 4) is 0 Å². The molecule has 0 saturated carbocycles. The Morgan fingerprint density at radius 2 is 1.67 bits per heavy atom. The van der Waals surface area contributed by atoms with Gasteiger partial charge in [-0.05, 0) is 50.7 Å². The van der Waals surface area contributed by atoms with Crippen LogP contribution in [-0.2, 0) is 11.3 Å². The smallest absolute Gasteiger partial charge is 0.248 e. The van der Waals surface area contributed by atoms with Gasteiger partial charge in [0.05, 0.1) is 6.04 Å². The van der Waals surface area contributed by atoms with E-state index in [9.17, 15) is 9.59 Å². The van der Waals surface area contributed by atoms with Crippen molar-refractivity contribution in [2.45, 2.75) is 26.4 Å². The molecule has 3 N–H and O–H groups in total. The molecule has 2 rings (SSSR count). The summed E-state index contributed by atoms with van der Waals surface area (Å²) in [7, 11) is 1.92. The number of nitrogens with one attached hydrogen (secondary N) is 1. The zero-order valence-electron chi connectivity index (χ0n) is 14.2. The third-order valence-electron chi connectivity index (χ3n) is 4.03. The Bertz CT molecular complexity index is 708. The van der Waals surface area contributed by atoms with Crippen LogP contribution in [0.25, 0.3) is 0 Å². The number of rotatable bonds is 6. The summed E-state index contributed by atoms with van der Waals surface area (Å²) in [4.78, 5) is 25.4. The largest absolute Gasteiger partial charge is 0.366 e. The maximum atomic E-state index is 12.4. The minimum atomic E-state index is -0.487. The van der Waals surface area contributed by atoms with Crippen LogP contribution in [0.1, 0.15) is 28.4 Å². The molecule has 2 aromatic rings. The summed E-state index contributed by atoms with van der Waals surface area (Å²) in [6, 6.07) is 14.5. The van der Waals surface area contributed by atoms with Gasteiger partial charge in [-0.25, -0.2) is 0 Å². The van der Waals surface area contributed by atoms with Crippen LogP contribution in [0.2, 0.25) is 0 Å². The SMILES string of the molecule is Cc1ccc(CN(C)[C@H](C)C(=O)Nc2ccc(C(N)=O)cc2)cc1. The second-order valence-electron chi connectivity index (χ2n) is 6.01. The van der Waals surface area contributed by atoms with E-state index in [0.29, 0.717) is 17.8 Å². The summed E-state index contributed by atoms with van der Waals surface area (Å²) < 4.78 is 0. The molecular formula is C19H23N3O2. The monoisotopic (exact) mass is 325 g/mol. The summed E-state index contributed by atoms with van der Waals surface area (Å²) in [5.41, 5.74) is 8.63. The van der Waals surface area contributed by atoms with E-state index in [1.807, 2.05) is 25.8 Å². The van der Waals surface area contributed by atoms with Crippen LogP contribution >= 0.6 is 0 Å². The number of anilines is 1. The molecule has 0 aliphatic heterocycles. The van der Waals surface area contributed by atoms with Crippen molar-refractivity contribution in [2.24, 2.45) is 5.73 Å². The molecule has 0 aliphatic rings. The van der Waals surface area contributed by atoms with Crippen LogP contribution in [-0.4, -0.2) is 29.8 Å². The van der Waals surface area contributed by atoms with E-state index in [0.717, 1.165) is 5.56 Å². The number of amides is 2. The van der Waals surface area contributed by atoms with Gasteiger partial charge in [0.25, 0.3) is 0 Å². The molecule has 0 aliphatic carbocycles. The zero-order valence-corrected chi connectivity index (χ0v) is 14.2. The Hall–Kier alpha value is -2.66. The van der Waals surface area contributed by atoms with Gasteiger partial charge >= 0.3 is 0 Å². The summed E-state index contributed by atoms with van der Waals surface area (Å²) in [6.45, 7) is 4.60. The molecular weight excluding hydrogens is 302 g/mol. The molecule has 0 aromatic heterocycles. The minimum Gasteiger partial charge on any atom is -0.366 e. The lowest BCUT2D eigenvalue weighted by Crippen LogP contribution is -2.39. The second-order valence-corrected chi connectivity index (χ2v) is 6.01. The van der Waals surface area contributed by atoms with Crippen molar-refractivity contribution in [1.29, 1.82) is 0 Å². The fraction of sp³-hybridized carbons (Fsp3) is 0.263. The van der Waals surface area contributed by atoms with E-state index in [1.54, 1.807) is 24.3 Å². The third kappa shape index (κ3) is 4.67. The van der Waals surface area contributed by atoms with Crippen LogP contribution < -0.4 is 11.1 Å². The molecule has 0 heterocycles. The van der Waals surface area contributed by atoms with E-state index in [-0.39, 0.29) is 11.9 Å². The number of primary amides is 1. The summed E-state index contributed by atoms with van der Waals surface area (Å²) >= 11 is 0. The molecule has 1 atom stereocenters. The lowest BCUT2D eigenvalue weighted by molar-refractivity contribution is -0.120. The molecule has 126 valence electrons. The highest BCUT2D eigenvalue weighted by atomic mass is 16.2. The van der Waals surface area contributed by atoms with Crippen LogP contribution in [0.5, 0.6) is 0 Å². The molecule has 0 fully saturated rings. The van der Waals surface area contributed by atoms with Gasteiger partial charge in [-0.15, -0.1) is 0 Å². The van der Waals surface area contributed by atoms with Crippen LogP contribution in [0, 0.1) is 6.92 Å². The number of hydrogen-bond donors (Lipinski definition) is 2. The maximum Gasteiger partial charge on any atom is 0.248 e. The van der Waals surface area contributed by atoms with Crippen molar-refractivity contribution < 1.29 is 9.59 Å². The van der Waals surface area contributed by atoms with Gasteiger partial charge in [0, 0.05) is 17.8 Å². The van der Waals surface area contributed by atoms with Crippen molar-refractivity contribution in [1.82, 2.24) is 4.90 Å². The van der Waals surface area contributed by atoms with Crippen LogP contribution in [0.4, 0.5) is 5.69 Å². The molecule has 0 bridgehead atoms. The number of likely N-dealkylation sites (N-methyl/N-ethyl adjacent to an activating group) is 1. The lowest BCUT2D eigenvalue weighted by Gasteiger charge is -2.24. The Labute approximate surface area is 142 Å². The summed E-state index contributed by atoms with van der Waals surface area (Å²) in [6.07, 6.45) is 0. The lowest BCUT2D eigenvalue weighted by atomic mass is 10.1. The summed E-state index contributed by atoms with van der Waals surface area (Å²) in [5.74, 6) is -0.587. The Morgan fingerprint density at radius 3 is 2.21 bits per heavy atom. The molecule has 0 unspecified atom stereocenters. The minimum absolute atomic E-state index is 0.101. The standard InChI is InChI=1S/C19H23N3O2/c1-13-4-6-15(7-5-13)12-22(3)14(2)19(24)21-17-10-8-16(9-11-17)18(20)23/h4-11,14H,12H2,1-3H3,(H2,20,23)(H,21,24)/t14-/m1/s1. The van der Waals surface area contributed by atoms with E-state index < -0.39 is 5.91 Å². The molecule has 24 heavy (non-hydrogen) atoms. The number of nitrogens with zero attached hydrogens (tertiary/aromatic N) is 1. The predicted octanol–water partition coefficient (Wildman–Crippen LogP) is 2.55. The molecule has 0 radical (unpaired) electrons. The van der Waals surface area contributed by atoms with Crippen LogP contribution in [0.3, 0.4) is 0 Å². The normalized spacial score (nSPS) is 12.0. The fourth-order valence-corrected chi connectivity index (χ4v) is 2.28. The van der Waals surface area contributed by atoms with Gasteiger partial charge in [0.1, 0.15) is 0 Å². The molecule has 5 nitrogen and oxygen atoms in total. The predicted molar refractivity (Wildman–Crippen MR) is 95.7 cm³/mol. The number of carbonyl (C=O) groups excluding carboxylic acids is 2. The first-order chi connectivity index (χ1) is 11.4. The van der Waals surface area contributed by atoms with Crippen molar-refractivity contribution >= 4 is 17.5 Å². The maximum absolute atomic E-state index is 12.4. The molecule has 2 aromatic carbocycles. The second kappa shape index (κ2) is 7.75. The van der Waals surface area contributed by atoms with Crippen molar-refractivity contribution in [3.63, 3.8) is 0 Å². The molecule has 0 saturated heterocycles. The first kappa shape index (κ1) is 17.7. The van der Waals surface area contributed by atoms with Gasteiger partial charge in [-0.3, -0.25) is 14.5 Å². The van der Waals surface area contributed by atoms with Crippen molar-refractivity contribution in [2.75, 3.05) is 12.4 Å². The molecule has 5 heteroatoms. The van der Waals surface area contributed by atoms with E-state index >= 15 is 0 Å². The van der Waals surface area contributed by atoms with Gasteiger partial charge in [-0.2, -0.15) is 0 Å². The average molecular weight is 325 g/mol. The fourth-order valence-electron chi connectivity index (χ4n) is 2.28. The highest BCUT2D eigenvalue weighted by Crippen LogP contribution is 2.12. The summed E-state index contributed by atoms with van der Waals surface area (Å²) in [5, 5.41) is 2.85. The average Bonchev–Trinajstić information content (AvgIpc) is 2.56. The third-order valence-corrected chi connectivity index (χ3v) is 4.03. The molecule has 2 amide bonds. The van der Waals surface area contributed by atoms with Gasteiger partial charge in [0.15, 0.2) is 0 Å². The number of hydrogen-bond acceptors (Lipinski definition) is 3. The van der Waals surface area contributed by atoms with Gasteiger partial charge in [-0.1, -0.05) is 29.8 Å². The van der Waals surface area contributed by atoms with E-state index in [4.69, 9.17) is 5.73 Å². The van der Waals surface area contributed by atoms with Gasteiger partial charge < -0.3 is 11.1 Å². The zero-order chi connectivity index (χ0) is 17.7. The van der Waals surface area contributed by atoms with Gasteiger partial charge in [0.2, 0.25) is 11.8 Å². The Kier molecular flexibility index (Phi) is 5.71. The number of carbonyl (C=O) groups is 2. The van der Waals surface area contributed by atoms with E-state index in [1.165, 1.54) is 5.56 Å². The van der Waals surface area contributed by atoms with Crippen molar-refractivity contribution in [3.05, 3.63) is 65.2 Å². The quantitative estimate of drug-likeness (QED) is 0.857. The highest BCUT2D eigenvalue weighted by Gasteiger charge is 2.18. The first-order valence-corrected chi connectivity index (χ1v) is 7.83. The number of aryl methyl sites for hydroxylation is 1. The first-order valence-electron chi connectivity index (χ1n) is 7.83. The number of nitrogens with two attached hydrogens (primary N) is 1. The Balaban J connectivity index is 1.95. The van der Waals surface area contributed by atoms with Crippen LogP contribution in [0.15, 0.2) is 48.5 Å². The van der Waals surface area contributed by atoms with E-state index in [2.05, 4.69) is 29.6 Å². The number of benzene rings is 2. The highest BCUT2D eigenvalue weighted by molar-refractivity contribution is 5.96. The molecule has 0 spiro atoms. The Morgan fingerprint density at radius 1 is 1.08 bits per heavy atom.